The third-order valence-electron chi connectivity index (χ3n) is 2.11. The van der Waals surface area contributed by atoms with Gasteiger partial charge < -0.3 is 5.11 Å². The van der Waals surface area contributed by atoms with E-state index >= 15 is 0 Å². The van der Waals surface area contributed by atoms with E-state index in [-0.39, 0.29) is 18.3 Å². The van der Waals surface area contributed by atoms with Crippen molar-refractivity contribution in [2.75, 3.05) is 6.61 Å². The first-order valence-corrected chi connectivity index (χ1v) is 4.72. The largest absolute Gasteiger partial charge is 0.395 e. The molecule has 5 heteroatoms. The highest BCUT2D eigenvalue weighted by Gasteiger charge is 2.48. The van der Waals surface area contributed by atoms with Crippen LogP contribution in [-0.2, 0) is 0 Å². The molecule has 3 atom stereocenters. The number of hydrogen-bond acceptors (Lipinski definition) is 2. The summed E-state index contributed by atoms with van der Waals surface area (Å²) in [6.45, 7) is 1.42. The fourth-order valence-corrected chi connectivity index (χ4v) is 2.91. The van der Waals surface area contributed by atoms with Gasteiger partial charge in [-0.1, -0.05) is 6.92 Å². The maximum absolute atomic E-state index is 12.2. The van der Waals surface area contributed by atoms with Crippen LogP contribution in [0, 0.1) is 5.92 Å². The molecule has 1 saturated heterocycles. The first-order valence-electron chi connectivity index (χ1n) is 3.78. The van der Waals surface area contributed by atoms with E-state index in [2.05, 4.69) is 0 Å². The van der Waals surface area contributed by atoms with Gasteiger partial charge in [-0.15, -0.1) is 0 Å². The lowest BCUT2D eigenvalue weighted by molar-refractivity contribution is -0.173. The summed E-state index contributed by atoms with van der Waals surface area (Å²) in [5, 5.41) is 8.03. The lowest BCUT2D eigenvalue weighted by Gasteiger charge is -2.17. The molecule has 1 aliphatic rings. The van der Waals surface area contributed by atoms with Gasteiger partial charge in [0.2, 0.25) is 0 Å². The van der Waals surface area contributed by atoms with Crippen LogP contribution in [0.2, 0.25) is 0 Å². The average molecular weight is 200 g/mol. The van der Waals surface area contributed by atoms with Gasteiger partial charge in [-0.3, -0.25) is 0 Å². The van der Waals surface area contributed by atoms with Crippen molar-refractivity contribution in [2.45, 2.75) is 30.0 Å². The van der Waals surface area contributed by atoms with Crippen molar-refractivity contribution in [3.05, 3.63) is 0 Å². The molecular weight excluding hydrogens is 189 g/mol. The van der Waals surface area contributed by atoms with Crippen LogP contribution >= 0.6 is 11.8 Å². The molecule has 0 aliphatic carbocycles. The second-order valence-electron chi connectivity index (χ2n) is 3.03. The van der Waals surface area contributed by atoms with Crippen LogP contribution in [0.15, 0.2) is 0 Å². The van der Waals surface area contributed by atoms with Crippen molar-refractivity contribution >= 4 is 11.8 Å². The minimum absolute atomic E-state index is 0.0613. The molecule has 72 valence electrons. The van der Waals surface area contributed by atoms with Gasteiger partial charge in [0.25, 0.3) is 0 Å². The van der Waals surface area contributed by atoms with Crippen LogP contribution in [0.25, 0.3) is 0 Å². The first-order chi connectivity index (χ1) is 5.45. The highest BCUT2D eigenvalue weighted by atomic mass is 32.2. The van der Waals surface area contributed by atoms with Gasteiger partial charge in [0, 0.05) is 10.5 Å². The normalized spacial score (nSPS) is 37.2. The second-order valence-corrected chi connectivity index (χ2v) is 4.71. The maximum atomic E-state index is 12.2. The second kappa shape index (κ2) is 3.46. The molecule has 0 aromatic carbocycles. The Morgan fingerprint density at radius 1 is 1.50 bits per heavy atom. The van der Waals surface area contributed by atoms with Crippen molar-refractivity contribution in [3.63, 3.8) is 0 Å². The third kappa shape index (κ3) is 2.07. The molecule has 12 heavy (non-hydrogen) atoms. The van der Waals surface area contributed by atoms with E-state index in [1.54, 1.807) is 6.92 Å². The van der Waals surface area contributed by atoms with Crippen LogP contribution in [0.5, 0.6) is 0 Å². The van der Waals surface area contributed by atoms with Crippen molar-refractivity contribution in [3.8, 4) is 0 Å². The number of thioether (sulfide) groups is 1. The van der Waals surface area contributed by atoms with Gasteiger partial charge >= 0.3 is 6.18 Å². The third-order valence-corrected chi connectivity index (χ3v) is 3.60. The van der Waals surface area contributed by atoms with E-state index in [4.69, 9.17) is 5.11 Å². The Balaban J connectivity index is 2.58. The SMILES string of the molecule is C[C@@H]1S[C@H](CO)C[C@@H]1C(F)(F)F. The maximum Gasteiger partial charge on any atom is 0.392 e. The van der Waals surface area contributed by atoms with Gasteiger partial charge in [0.1, 0.15) is 0 Å². The molecule has 0 radical (unpaired) electrons. The van der Waals surface area contributed by atoms with E-state index in [9.17, 15) is 13.2 Å². The number of rotatable bonds is 1. The van der Waals surface area contributed by atoms with Gasteiger partial charge in [0.15, 0.2) is 0 Å². The number of alkyl halides is 3. The van der Waals surface area contributed by atoms with Crippen molar-refractivity contribution < 1.29 is 18.3 Å². The van der Waals surface area contributed by atoms with Crippen molar-refractivity contribution in [1.29, 1.82) is 0 Å². The van der Waals surface area contributed by atoms with Crippen molar-refractivity contribution in [1.82, 2.24) is 0 Å². The van der Waals surface area contributed by atoms with Gasteiger partial charge in [-0.25, -0.2) is 0 Å². The first kappa shape index (κ1) is 10.2. The van der Waals surface area contributed by atoms with Gasteiger partial charge in [-0.05, 0) is 6.42 Å². The Hall–Kier alpha value is 0.100. The quantitative estimate of drug-likeness (QED) is 0.699. The predicted molar refractivity (Wildman–Crippen MR) is 42.1 cm³/mol. The van der Waals surface area contributed by atoms with Crippen molar-refractivity contribution in [2.24, 2.45) is 5.92 Å². The molecule has 0 aromatic heterocycles. The smallest absolute Gasteiger partial charge is 0.392 e. The van der Waals surface area contributed by atoms with Crippen LogP contribution < -0.4 is 0 Å². The van der Waals surface area contributed by atoms with Crippen LogP contribution in [0.3, 0.4) is 0 Å². The van der Waals surface area contributed by atoms with Crippen LogP contribution in [-0.4, -0.2) is 28.4 Å². The summed E-state index contributed by atoms with van der Waals surface area (Å²) in [5.74, 6) is -1.24. The Morgan fingerprint density at radius 2 is 2.08 bits per heavy atom. The Bertz CT molecular complexity index is 159. The summed E-state index contributed by atoms with van der Waals surface area (Å²) >= 11 is 1.23. The van der Waals surface area contributed by atoms with E-state index in [1.807, 2.05) is 0 Å². The minimum Gasteiger partial charge on any atom is -0.395 e. The topological polar surface area (TPSA) is 20.2 Å². The monoisotopic (exact) mass is 200 g/mol. The summed E-state index contributed by atoms with van der Waals surface area (Å²) in [7, 11) is 0. The van der Waals surface area contributed by atoms with E-state index in [1.165, 1.54) is 11.8 Å². The Morgan fingerprint density at radius 3 is 2.33 bits per heavy atom. The molecule has 1 aliphatic heterocycles. The van der Waals surface area contributed by atoms with E-state index in [0.717, 1.165) is 0 Å². The zero-order chi connectivity index (χ0) is 9.35. The highest BCUT2D eigenvalue weighted by molar-refractivity contribution is 8.00. The van der Waals surface area contributed by atoms with E-state index < -0.39 is 17.3 Å². The van der Waals surface area contributed by atoms with Gasteiger partial charge in [-0.2, -0.15) is 24.9 Å². The standard InChI is InChI=1S/C7H11F3OS/c1-4-6(7(8,9)10)2-5(3-11)12-4/h4-6,11H,2-3H2,1H3/t4-,5-,6-/m0/s1. The average Bonchev–Trinajstić information content (AvgIpc) is 2.29. The zero-order valence-corrected chi connectivity index (χ0v) is 7.45. The molecule has 1 rings (SSSR count). The number of halogens is 3. The highest BCUT2D eigenvalue weighted by Crippen LogP contribution is 2.46. The number of aliphatic hydroxyl groups excluding tert-OH is 1. The summed E-state index contributed by atoms with van der Waals surface area (Å²) in [4.78, 5) is 0. The molecule has 0 unspecified atom stereocenters. The Labute approximate surface area is 73.3 Å². The molecule has 0 amide bonds. The fourth-order valence-electron chi connectivity index (χ4n) is 1.45. The molecule has 1 heterocycles. The molecule has 0 bridgehead atoms. The lowest BCUT2D eigenvalue weighted by atomic mass is 10.0. The summed E-state index contributed by atoms with van der Waals surface area (Å²) in [5.41, 5.74) is 0. The number of aliphatic hydroxyl groups is 1. The molecule has 1 fully saturated rings. The fraction of sp³-hybridized carbons (Fsp3) is 1.00. The molecule has 1 nitrogen and oxygen atoms in total. The van der Waals surface area contributed by atoms with Crippen LogP contribution in [0.4, 0.5) is 13.2 Å². The minimum atomic E-state index is -4.10. The molecular formula is C7H11F3OS. The number of hydrogen-bond donors (Lipinski definition) is 1. The summed E-state index contributed by atoms with van der Waals surface area (Å²) < 4.78 is 36.7. The lowest BCUT2D eigenvalue weighted by Crippen LogP contribution is -2.27. The zero-order valence-electron chi connectivity index (χ0n) is 6.64. The predicted octanol–water partition coefficient (Wildman–Crippen LogP) is 2.05. The van der Waals surface area contributed by atoms with E-state index in [0.29, 0.717) is 0 Å². The summed E-state index contributed by atoms with van der Waals surface area (Å²) in [6, 6.07) is 0. The molecule has 0 saturated carbocycles. The van der Waals surface area contributed by atoms with Crippen LogP contribution in [0.1, 0.15) is 13.3 Å². The Kier molecular flexibility index (Phi) is 2.93. The van der Waals surface area contributed by atoms with Gasteiger partial charge in [0.05, 0.1) is 12.5 Å². The molecule has 0 aromatic rings. The molecule has 0 spiro atoms. The summed E-state index contributed by atoms with van der Waals surface area (Å²) in [6.07, 6.45) is -4.04. The molecule has 1 N–H and O–H groups in total.